The molecule has 20 heavy (non-hydrogen) atoms. The van der Waals surface area contributed by atoms with Crippen molar-refractivity contribution in [2.75, 3.05) is 34.2 Å². The van der Waals surface area contributed by atoms with Crippen LogP contribution in [0, 0.1) is 5.41 Å². The number of hydrogen-bond donors (Lipinski definition) is 0. The Bertz CT molecular complexity index is 315. The van der Waals surface area contributed by atoms with Gasteiger partial charge in [0.2, 0.25) is 0 Å². The summed E-state index contributed by atoms with van der Waals surface area (Å²) in [4.78, 5) is 16.5. The summed E-state index contributed by atoms with van der Waals surface area (Å²) in [5, 5.41) is 0. The number of likely N-dealkylation sites (N-methyl/N-ethyl adjacent to an activating group) is 2. The molecule has 0 bridgehead atoms. The van der Waals surface area contributed by atoms with Crippen molar-refractivity contribution in [3.8, 4) is 0 Å². The summed E-state index contributed by atoms with van der Waals surface area (Å²) in [6.45, 7) is 2.06. The van der Waals surface area contributed by atoms with E-state index in [1.165, 1.54) is 51.2 Å². The largest absolute Gasteiger partial charge is 0.304 e. The van der Waals surface area contributed by atoms with E-state index in [-0.39, 0.29) is 5.41 Å². The molecule has 2 aliphatic rings. The standard InChI is InChI=1S/C17H32N2O/c1-18(2)17(11-8-12-17)14-19(3)13-16(15-20)9-6-4-5-7-10-16/h15H,4-14H2,1-3H3. The molecule has 2 saturated carbocycles. The van der Waals surface area contributed by atoms with Crippen LogP contribution < -0.4 is 0 Å². The molecule has 2 rings (SSSR count). The van der Waals surface area contributed by atoms with Gasteiger partial charge in [0, 0.05) is 24.0 Å². The minimum absolute atomic E-state index is 0.0670. The van der Waals surface area contributed by atoms with E-state index in [1.54, 1.807) is 0 Å². The van der Waals surface area contributed by atoms with Gasteiger partial charge in [-0.3, -0.25) is 0 Å². The van der Waals surface area contributed by atoms with Gasteiger partial charge in [0.25, 0.3) is 0 Å². The normalized spacial score (nSPS) is 25.2. The van der Waals surface area contributed by atoms with Crippen LogP contribution >= 0.6 is 0 Å². The van der Waals surface area contributed by atoms with Crippen molar-refractivity contribution in [3.63, 3.8) is 0 Å². The molecule has 3 heteroatoms. The number of aldehydes is 1. The second-order valence-electron chi connectivity index (χ2n) is 7.54. The van der Waals surface area contributed by atoms with Crippen molar-refractivity contribution in [1.29, 1.82) is 0 Å². The third-order valence-electron chi connectivity index (χ3n) is 5.73. The van der Waals surface area contributed by atoms with E-state index in [9.17, 15) is 4.79 Å². The fourth-order valence-corrected chi connectivity index (χ4v) is 4.17. The molecular formula is C17H32N2O. The van der Waals surface area contributed by atoms with Gasteiger partial charge in [0.05, 0.1) is 0 Å². The van der Waals surface area contributed by atoms with E-state index < -0.39 is 0 Å². The van der Waals surface area contributed by atoms with Crippen molar-refractivity contribution in [3.05, 3.63) is 0 Å². The lowest BCUT2D eigenvalue weighted by Crippen LogP contribution is -2.57. The summed E-state index contributed by atoms with van der Waals surface area (Å²) in [6.07, 6.45) is 12.5. The molecule has 0 aromatic heterocycles. The molecule has 0 N–H and O–H groups in total. The van der Waals surface area contributed by atoms with Crippen molar-refractivity contribution < 1.29 is 4.79 Å². The molecule has 0 aliphatic heterocycles. The predicted molar refractivity (Wildman–Crippen MR) is 84.0 cm³/mol. The molecule has 0 amide bonds. The average Bonchev–Trinajstić information content (AvgIpc) is 2.59. The highest BCUT2D eigenvalue weighted by Crippen LogP contribution is 2.38. The minimum Gasteiger partial charge on any atom is -0.304 e. The monoisotopic (exact) mass is 280 g/mol. The number of carbonyl (C=O) groups is 1. The molecule has 0 aromatic carbocycles. The van der Waals surface area contributed by atoms with Gasteiger partial charge in [0.1, 0.15) is 6.29 Å². The van der Waals surface area contributed by atoms with Gasteiger partial charge in [-0.25, -0.2) is 0 Å². The zero-order chi connectivity index (χ0) is 14.6. The third kappa shape index (κ3) is 3.43. The number of nitrogens with zero attached hydrogens (tertiary/aromatic N) is 2. The van der Waals surface area contributed by atoms with Crippen molar-refractivity contribution >= 4 is 6.29 Å². The van der Waals surface area contributed by atoms with Gasteiger partial charge in [-0.2, -0.15) is 0 Å². The highest BCUT2D eigenvalue weighted by molar-refractivity contribution is 5.59. The first-order valence-corrected chi connectivity index (χ1v) is 8.34. The molecule has 2 fully saturated rings. The van der Waals surface area contributed by atoms with Crippen molar-refractivity contribution in [1.82, 2.24) is 9.80 Å². The van der Waals surface area contributed by atoms with E-state index in [2.05, 4.69) is 30.9 Å². The van der Waals surface area contributed by atoms with Gasteiger partial charge in [0.15, 0.2) is 0 Å². The molecular weight excluding hydrogens is 248 g/mol. The van der Waals surface area contributed by atoms with E-state index in [0.717, 1.165) is 25.9 Å². The Morgan fingerprint density at radius 3 is 1.85 bits per heavy atom. The predicted octanol–water partition coefficient (Wildman–Crippen LogP) is 2.94. The van der Waals surface area contributed by atoms with Crippen LogP contribution in [0.5, 0.6) is 0 Å². The molecule has 3 nitrogen and oxygen atoms in total. The Labute approximate surface area is 124 Å². The first-order valence-electron chi connectivity index (χ1n) is 8.34. The van der Waals surface area contributed by atoms with Crippen LogP contribution in [0.2, 0.25) is 0 Å². The molecule has 116 valence electrons. The lowest BCUT2D eigenvalue weighted by Gasteiger charge is -2.50. The topological polar surface area (TPSA) is 23.6 Å². The van der Waals surface area contributed by atoms with Crippen LogP contribution in [-0.2, 0) is 4.79 Å². The maximum absolute atomic E-state index is 11.7. The van der Waals surface area contributed by atoms with Gasteiger partial charge >= 0.3 is 0 Å². The van der Waals surface area contributed by atoms with Crippen molar-refractivity contribution in [2.45, 2.75) is 63.3 Å². The fraction of sp³-hybridized carbons (Fsp3) is 0.941. The van der Waals surface area contributed by atoms with E-state index >= 15 is 0 Å². The Kier molecular flexibility index (Phi) is 5.25. The number of rotatable bonds is 6. The SMILES string of the molecule is CN(CC1(C=O)CCCCCC1)CC1(N(C)C)CCC1. The molecule has 0 saturated heterocycles. The number of carbonyl (C=O) groups excluding carboxylic acids is 1. The maximum atomic E-state index is 11.7. The zero-order valence-corrected chi connectivity index (χ0v) is 13.7. The van der Waals surface area contributed by atoms with Gasteiger partial charge in [-0.05, 0) is 53.2 Å². The second kappa shape index (κ2) is 6.57. The maximum Gasteiger partial charge on any atom is 0.127 e. The molecule has 0 heterocycles. The minimum atomic E-state index is -0.0670. The van der Waals surface area contributed by atoms with E-state index in [0.29, 0.717) is 5.54 Å². The summed E-state index contributed by atoms with van der Waals surface area (Å²) < 4.78 is 0. The summed E-state index contributed by atoms with van der Waals surface area (Å²) >= 11 is 0. The van der Waals surface area contributed by atoms with Crippen LogP contribution in [0.3, 0.4) is 0 Å². The fourth-order valence-electron chi connectivity index (χ4n) is 4.17. The van der Waals surface area contributed by atoms with E-state index in [1.807, 2.05) is 0 Å². The smallest absolute Gasteiger partial charge is 0.127 e. The summed E-state index contributed by atoms with van der Waals surface area (Å²) in [5.41, 5.74) is 0.298. The summed E-state index contributed by atoms with van der Waals surface area (Å²) in [6, 6.07) is 0. The summed E-state index contributed by atoms with van der Waals surface area (Å²) in [5.74, 6) is 0. The number of hydrogen-bond acceptors (Lipinski definition) is 3. The highest BCUT2D eigenvalue weighted by Gasteiger charge is 2.41. The van der Waals surface area contributed by atoms with Crippen LogP contribution in [0.1, 0.15) is 57.8 Å². The molecule has 0 unspecified atom stereocenters. The quantitative estimate of drug-likeness (QED) is 0.552. The van der Waals surface area contributed by atoms with Crippen LogP contribution in [0.4, 0.5) is 0 Å². The van der Waals surface area contributed by atoms with Gasteiger partial charge in [-0.15, -0.1) is 0 Å². The second-order valence-corrected chi connectivity index (χ2v) is 7.54. The average molecular weight is 280 g/mol. The van der Waals surface area contributed by atoms with E-state index in [4.69, 9.17) is 0 Å². The first-order chi connectivity index (χ1) is 9.52. The molecule has 0 radical (unpaired) electrons. The van der Waals surface area contributed by atoms with Crippen LogP contribution in [0.25, 0.3) is 0 Å². The van der Waals surface area contributed by atoms with Crippen molar-refractivity contribution in [2.24, 2.45) is 5.41 Å². The molecule has 0 spiro atoms. The van der Waals surface area contributed by atoms with Crippen LogP contribution in [-0.4, -0.2) is 55.9 Å². The molecule has 0 atom stereocenters. The lowest BCUT2D eigenvalue weighted by atomic mass is 9.74. The Hall–Kier alpha value is -0.410. The Balaban J connectivity index is 1.94. The van der Waals surface area contributed by atoms with Gasteiger partial charge in [-0.1, -0.05) is 25.7 Å². The summed E-state index contributed by atoms with van der Waals surface area (Å²) in [7, 11) is 6.61. The van der Waals surface area contributed by atoms with Crippen LogP contribution in [0.15, 0.2) is 0 Å². The molecule has 0 aromatic rings. The molecule has 2 aliphatic carbocycles. The highest BCUT2D eigenvalue weighted by atomic mass is 16.1. The first kappa shape index (κ1) is 16.0. The Morgan fingerprint density at radius 1 is 0.850 bits per heavy atom. The zero-order valence-electron chi connectivity index (χ0n) is 13.7. The third-order valence-corrected chi connectivity index (χ3v) is 5.73. The van der Waals surface area contributed by atoms with Gasteiger partial charge < -0.3 is 14.6 Å². The lowest BCUT2D eigenvalue weighted by molar-refractivity contribution is -0.118. The Morgan fingerprint density at radius 2 is 1.45 bits per heavy atom.